The first-order valence-corrected chi connectivity index (χ1v) is 10.6. The van der Waals surface area contributed by atoms with Crippen LogP contribution in [0.4, 0.5) is 10.5 Å². The van der Waals surface area contributed by atoms with Crippen LogP contribution in [0.1, 0.15) is 38.6 Å². The maximum absolute atomic E-state index is 12.7. The van der Waals surface area contributed by atoms with Gasteiger partial charge in [0.15, 0.2) is 5.65 Å². The number of rotatable bonds is 5. The molecule has 2 amide bonds. The number of anilines is 1. The molecule has 7 nitrogen and oxygen atoms in total. The van der Waals surface area contributed by atoms with Gasteiger partial charge in [-0.2, -0.15) is 0 Å². The fourth-order valence-electron chi connectivity index (χ4n) is 4.10. The number of aromatic nitrogens is 3. The third-order valence-corrected chi connectivity index (χ3v) is 5.55. The van der Waals surface area contributed by atoms with Gasteiger partial charge in [0, 0.05) is 43.5 Å². The molecule has 0 unspecified atom stereocenters. The molecule has 1 aliphatic heterocycles. The number of piperidine rings is 1. The van der Waals surface area contributed by atoms with Crippen molar-refractivity contribution >= 4 is 22.9 Å². The third kappa shape index (κ3) is 4.25. The molecule has 158 valence electrons. The van der Waals surface area contributed by atoms with Gasteiger partial charge in [0.2, 0.25) is 0 Å². The van der Waals surface area contributed by atoms with Crippen LogP contribution in [0, 0.1) is 5.92 Å². The molecule has 3 heterocycles. The molecule has 2 aromatic heterocycles. The largest absolute Gasteiger partial charge is 0.497 e. The number of likely N-dealkylation sites (tertiary alicyclic amines) is 1. The number of methoxy groups -OCH3 is 1. The number of hydrogen-bond acceptors (Lipinski definition) is 4. The number of ether oxygens (including phenoxy) is 1. The molecule has 4 rings (SSSR count). The number of nitrogens with zero attached hydrogens (tertiary/aromatic N) is 4. The average Bonchev–Trinajstić information content (AvgIpc) is 3.11. The number of amides is 2. The van der Waals surface area contributed by atoms with Crippen molar-refractivity contribution in [2.24, 2.45) is 5.92 Å². The summed E-state index contributed by atoms with van der Waals surface area (Å²) in [5.41, 5.74) is 2.64. The molecule has 1 aromatic carbocycles. The molecule has 0 radical (unpaired) electrons. The number of carbonyl (C=O) groups excluding carboxylic acids is 1. The van der Waals surface area contributed by atoms with Gasteiger partial charge in [0.05, 0.1) is 7.11 Å². The Morgan fingerprint density at radius 2 is 2.03 bits per heavy atom. The summed E-state index contributed by atoms with van der Waals surface area (Å²) in [6, 6.07) is 11.6. The van der Waals surface area contributed by atoms with Crippen LogP contribution in [0.15, 0.2) is 42.6 Å². The SMILES string of the molecule is COc1cccc(NC(=O)N2CCC(n3c(CC(C)C)nc4cccnc43)CC2)c1. The number of hydrogen-bond donors (Lipinski definition) is 1. The van der Waals surface area contributed by atoms with Gasteiger partial charge in [-0.15, -0.1) is 0 Å². The lowest BCUT2D eigenvalue weighted by molar-refractivity contribution is 0.183. The minimum absolute atomic E-state index is 0.0716. The zero-order chi connectivity index (χ0) is 21.1. The summed E-state index contributed by atoms with van der Waals surface area (Å²) in [6.45, 7) is 5.83. The zero-order valence-electron chi connectivity index (χ0n) is 17.8. The van der Waals surface area contributed by atoms with Crippen molar-refractivity contribution in [2.75, 3.05) is 25.5 Å². The quantitative estimate of drug-likeness (QED) is 0.676. The molecule has 0 aliphatic carbocycles. The van der Waals surface area contributed by atoms with Crippen LogP contribution in [0.2, 0.25) is 0 Å². The van der Waals surface area contributed by atoms with Gasteiger partial charge in [-0.25, -0.2) is 14.8 Å². The lowest BCUT2D eigenvalue weighted by atomic mass is 10.0. The summed E-state index contributed by atoms with van der Waals surface area (Å²) >= 11 is 0. The summed E-state index contributed by atoms with van der Waals surface area (Å²) in [7, 11) is 1.62. The average molecular weight is 408 g/mol. The first-order valence-electron chi connectivity index (χ1n) is 10.6. The summed E-state index contributed by atoms with van der Waals surface area (Å²) in [5, 5.41) is 2.98. The zero-order valence-corrected chi connectivity index (χ0v) is 17.8. The van der Waals surface area contributed by atoms with E-state index in [9.17, 15) is 4.79 Å². The van der Waals surface area contributed by atoms with E-state index < -0.39 is 0 Å². The molecule has 0 saturated carbocycles. The molecule has 3 aromatic rings. The van der Waals surface area contributed by atoms with E-state index in [1.807, 2.05) is 47.5 Å². The van der Waals surface area contributed by atoms with Gasteiger partial charge in [-0.3, -0.25) is 0 Å². The maximum atomic E-state index is 12.7. The Kier molecular flexibility index (Phi) is 5.88. The third-order valence-electron chi connectivity index (χ3n) is 5.55. The molecule has 0 atom stereocenters. The van der Waals surface area contributed by atoms with Crippen molar-refractivity contribution in [2.45, 2.75) is 39.2 Å². The van der Waals surface area contributed by atoms with Crippen molar-refractivity contribution in [3.8, 4) is 5.75 Å². The van der Waals surface area contributed by atoms with E-state index in [2.05, 4.69) is 28.7 Å². The maximum Gasteiger partial charge on any atom is 0.321 e. The fraction of sp³-hybridized carbons (Fsp3) is 0.435. The number of imidazole rings is 1. The Balaban J connectivity index is 1.46. The normalized spacial score (nSPS) is 15.0. The number of carbonyl (C=O) groups is 1. The van der Waals surface area contributed by atoms with E-state index in [1.165, 1.54) is 0 Å². The summed E-state index contributed by atoms with van der Waals surface area (Å²) in [4.78, 5) is 24.1. The second-order valence-electron chi connectivity index (χ2n) is 8.22. The number of urea groups is 1. The smallest absolute Gasteiger partial charge is 0.321 e. The fourth-order valence-corrected chi connectivity index (χ4v) is 4.10. The van der Waals surface area contributed by atoms with Gasteiger partial charge in [-0.05, 0) is 43.0 Å². The van der Waals surface area contributed by atoms with E-state index in [-0.39, 0.29) is 6.03 Å². The summed E-state index contributed by atoms with van der Waals surface area (Å²) in [5.74, 6) is 2.34. The standard InChI is InChI=1S/C23H29N5O2/c1-16(2)14-21-26-20-8-5-11-24-22(20)28(21)18-9-12-27(13-10-18)23(29)25-17-6-4-7-19(15-17)30-3/h4-8,11,15-16,18H,9-10,12-14H2,1-3H3,(H,25,29). The highest BCUT2D eigenvalue weighted by Gasteiger charge is 2.27. The van der Waals surface area contributed by atoms with Gasteiger partial charge < -0.3 is 19.5 Å². The predicted molar refractivity (Wildman–Crippen MR) is 118 cm³/mol. The van der Waals surface area contributed by atoms with Crippen LogP contribution < -0.4 is 10.1 Å². The topological polar surface area (TPSA) is 72.3 Å². The Labute approximate surface area is 177 Å². The highest BCUT2D eigenvalue weighted by atomic mass is 16.5. The second kappa shape index (κ2) is 8.73. The van der Waals surface area contributed by atoms with Crippen LogP contribution in [-0.4, -0.2) is 45.7 Å². The monoisotopic (exact) mass is 407 g/mol. The Hall–Kier alpha value is -3.09. The molecule has 1 saturated heterocycles. The molecular weight excluding hydrogens is 378 g/mol. The molecule has 1 fully saturated rings. The van der Waals surface area contributed by atoms with E-state index in [4.69, 9.17) is 9.72 Å². The van der Waals surface area contributed by atoms with Gasteiger partial charge in [0.1, 0.15) is 17.1 Å². The first kappa shape index (κ1) is 20.2. The van der Waals surface area contributed by atoms with E-state index in [0.29, 0.717) is 25.0 Å². The minimum atomic E-state index is -0.0716. The summed E-state index contributed by atoms with van der Waals surface area (Å²) < 4.78 is 7.54. The van der Waals surface area contributed by atoms with E-state index in [1.54, 1.807) is 7.11 Å². The summed E-state index contributed by atoms with van der Waals surface area (Å²) in [6.07, 6.45) is 4.53. The van der Waals surface area contributed by atoms with Crippen LogP contribution in [0.5, 0.6) is 5.75 Å². The van der Waals surface area contributed by atoms with Crippen molar-refractivity contribution in [1.82, 2.24) is 19.4 Å². The van der Waals surface area contributed by atoms with E-state index >= 15 is 0 Å². The molecular formula is C23H29N5O2. The molecule has 0 bridgehead atoms. The second-order valence-corrected chi connectivity index (χ2v) is 8.22. The van der Waals surface area contributed by atoms with E-state index in [0.717, 1.165) is 47.7 Å². The van der Waals surface area contributed by atoms with Crippen LogP contribution in [0.25, 0.3) is 11.2 Å². The highest BCUT2D eigenvalue weighted by Crippen LogP contribution is 2.29. The lowest BCUT2D eigenvalue weighted by Crippen LogP contribution is -2.41. The van der Waals surface area contributed by atoms with Crippen LogP contribution in [0.3, 0.4) is 0 Å². The minimum Gasteiger partial charge on any atom is -0.497 e. The molecule has 30 heavy (non-hydrogen) atoms. The van der Waals surface area contributed by atoms with Crippen LogP contribution >= 0.6 is 0 Å². The lowest BCUT2D eigenvalue weighted by Gasteiger charge is -2.33. The van der Waals surface area contributed by atoms with Gasteiger partial charge in [0.25, 0.3) is 0 Å². The molecule has 7 heteroatoms. The number of nitrogens with one attached hydrogen (secondary N) is 1. The molecule has 1 aliphatic rings. The number of benzene rings is 1. The Morgan fingerprint density at radius 1 is 1.23 bits per heavy atom. The highest BCUT2D eigenvalue weighted by molar-refractivity contribution is 5.89. The van der Waals surface area contributed by atoms with Crippen molar-refractivity contribution in [1.29, 1.82) is 0 Å². The number of fused-ring (bicyclic) bond motifs is 1. The van der Waals surface area contributed by atoms with Crippen molar-refractivity contribution in [3.05, 3.63) is 48.4 Å². The predicted octanol–water partition coefficient (Wildman–Crippen LogP) is 4.51. The first-order chi connectivity index (χ1) is 14.5. The Bertz CT molecular complexity index is 1020. The van der Waals surface area contributed by atoms with Crippen LogP contribution in [-0.2, 0) is 6.42 Å². The van der Waals surface area contributed by atoms with Crippen molar-refractivity contribution in [3.63, 3.8) is 0 Å². The molecule has 1 N–H and O–H groups in total. The number of pyridine rings is 1. The van der Waals surface area contributed by atoms with Crippen molar-refractivity contribution < 1.29 is 9.53 Å². The van der Waals surface area contributed by atoms with Gasteiger partial charge >= 0.3 is 6.03 Å². The van der Waals surface area contributed by atoms with Gasteiger partial charge in [-0.1, -0.05) is 19.9 Å². The molecule has 0 spiro atoms. The Morgan fingerprint density at radius 3 is 2.77 bits per heavy atom.